The van der Waals surface area contributed by atoms with Gasteiger partial charge in [-0.25, -0.2) is 4.79 Å². The van der Waals surface area contributed by atoms with Crippen LogP contribution in [0.4, 0.5) is 4.79 Å². The third kappa shape index (κ3) is 7.81. The molecule has 0 spiro atoms. The molecule has 0 saturated heterocycles. The average Bonchev–Trinajstić information content (AvgIpc) is 2.89. The largest absolute Gasteiger partial charge is 0.465 e. The van der Waals surface area contributed by atoms with Crippen molar-refractivity contribution in [3.63, 3.8) is 0 Å². The van der Waals surface area contributed by atoms with E-state index in [4.69, 9.17) is 4.43 Å². The van der Waals surface area contributed by atoms with Gasteiger partial charge in [0.2, 0.25) is 0 Å². The molecule has 1 amide bonds. The van der Waals surface area contributed by atoms with Gasteiger partial charge >= 0.3 is 6.09 Å². The van der Waals surface area contributed by atoms with E-state index in [1.54, 1.807) is 0 Å². The van der Waals surface area contributed by atoms with E-state index in [1.165, 1.54) is 21.7 Å². The minimum atomic E-state index is -1.94. The van der Waals surface area contributed by atoms with Crippen molar-refractivity contribution in [2.45, 2.75) is 57.8 Å². The Labute approximate surface area is 233 Å². The molecule has 0 aliphatic heterocycles. The molecule has 0 aromatic heterocycles. The summed E-state index contributed by atoms with van der Waals surface area (Å²) in [6.07, 6.45) is 4.56. The molecule has 2 atom stereocenters. The summed E-state index contributed by atoms with van der Waals surface area (Å²) in [5.74, 6) is 0.120. The summed E-state index contributed by atoms with van der Waals surface area (Å²) in [7, 11) is -1.94. The van der Waals surface area contributed by atoms with Crippen LogP contribution in [0.1, 0.15) is 31.9 Å². The molecule has 4 aromatic rings. The highest BCUT2D eigenvalue weighted by atomic mass is 28.4. The maximum Gasteiger partial charge on any atom is 0.405 e. The van der Waals surface area contributed by atoms with Crippen LogP contribution in [0, 0.1) is 5.92 Å². The smallest absolute Gasteiger partial charge is 0.405 e. The molecule has 0 aliphatic rings. The van der Waals surface area contributed by atoms with E-state index >= 15 is 0 Å². The highest BCUT2D eigenvalue weighted by Crippen LogP contribution is 2.37. The lowest BCUT2D eigenvalue weighted by molar-refractivity contribution is 0.192. The van der Waals surface area contributed by atoms with E-state index in [1.807, 2.05) is 18.2 Å². The van der Waals surface area contributed by atoms with Gasteiger partial charge in [0.1, 0.15) is 0 Å². The van der Waals surface area contributed by atoms with Crippen LogP contribution in [-0.4, -0.2) is 32.2 Å². The molecule has 39 heavy (non-hydrogen) atoms. The van der Waals surface area contributed by atoms with Crippen molar-refractivity contribution in [1.29, 1.82) is 0 Å². The number of fused-ring (bicyclic) bond motifs is 2. The number of carboxylic acid groups (broad SMARTS) is 1. The number of carbonyl (C=O) groups is 1. The Balaban J connectivity index is 1.57. The second-order valence-corrected chi connectivity index (χ2v) is 16.9. The van der Waals surface area contributed by atoms with E-state index in [2.05, 4.69) is 118 Å². The van der Waals surface area contributed by atoms with Gasteiger partial charge in [0, 0.05) is 12.5 Å². The second kappa shape index (κ2) is 12.2. The Hall–Kier alpha value is -3.41. The van der Waals surface area contributed by atoms with Crippen molar-refractivity contribution in [2.24, 2.45) is 5.92 Å². The van der Waals surface area contributed by atoms with Crippen LogP contribution in [0.2, 0.25) is 18.1 Å². The van der Waals surface area contributed by atoms with Gasteiger partial charge in [-0.15, -0.1) is 0 Å². The number of amides is 1. The number of hydrogen-bond acceptors (Lipinski definition) is 2. The van der Waals surface area contributed by atoms with Crippen LogP contribution >= 0.6 is 0 Å². The van der Waals surface area contributed by atoms with Gasteiger partial charge in [-0.2, -0.15) is 0 Å². The minimum Gasteiger partial charge on any atom is -0.465 e. The highest BCUT2D eigenvalue weighted by Gasteiger charge is 2.37. The third-order valence-electron chi connectivity index (χ3n) is 7.97. The number of rotatable bonds is 10. The molecule has 4 rings (SSSR count). The zero-order valence-corrected chi connectivity index (χ0v) is 24.8. The fraction of sp³-hybridized carbons (Fsp3) is 0.324. The molecule has 0 radical (unpaired) electrons. The lowest BCUT2D eigenvalue weighted by atomic mass is 9.95. The van der Waals surface area contributed by atoms with Crippen LogP contribution in [0.3, 0.4) is 0 Å². The van der Waals surface area contributed by atoms with Crippen molar-refractivity contribution in [3.05, 3.63) is 108 Å². The molecule has 4 aromatic carbocycles. The molecular formula is C34H41NO3Si. The van der Waals surface area contributed by atoms with E-state index in [0.717, 1.165) is 17.4 Å². The zero-order valence-electron chi connectivity index (χ0n) is 23.8. The fourth-order valence-electron chi connectivity index (χ4n) is 4.62. The molecule has 0 fully saturated rings. The first kappa shape index (κ1) is 28.6. The molecule has 0 bridgehead atoms. The molecule has 204 valence electrons. The second-order valence-electron chi connectivity index (χ2n) is 12.0. The standard InChI is InChI=1S/C34H41NO3Si/c1-34(2,3)39(4,5)38-24-27(20-25-14-17-28-10-6-8-12-30(28)21-25)16-19-32(35-33(36)37)23-26-15-18-29-11-7-9-13-31(29)22-26/h6-19,21-22,27,32,35H,20,23-24H2,1-5H3,(H,36,37)/t27?,32-/m0/s1. The van der Waals surface area contributed by atoms with Crippen molar-refractivity contribution in [3.8, 4) is 0 Å². The van der Waals surface area contributed by atoms with Gasteiger partial charge in [-0.05, 0) is 63.6 Å². The molecule has 1 unspecified atom stereocenters. The van der Waals surface area contributed by atoms with E-state index < -0.39 is 14.4 Å². The average molecular weight is 540 g/mol. The first-order valence-electron chi connectivity index (χ1n) is 13.8. The molecule has 0 heterocycles. The van der Waals surface area contributed by atoms with Gasteiger partial charge in [0.15, 0.2) is 8.32 Å². The summed E-state index contributed by atoms with van der Waals surface area (Å²) < 4.78 is 6.65. The van der Waals surface area contributed by atoms with Gasteiger partial charge in [-0.1, -0.05) is 118 Å². The maximum atomic E-state index is 11.7. The third-order valence-corrected chi connectivity index (χ3v) is 12.5. The minimum absolute atomic E-state index is 0.119. The summed E-state index contributed by atoms with van der Waals surface area (Å²) in [5, 5.41) is 17.2. The lowest BCUT2D eigenvalue weighted by Gasteiger charge is -2.37. The Kier molecular flexibility index (Phi) is 8.93. The Morgan fingerprint density at radius 1 is 0.821 bits per heavy atom. The number of nitrogens with one attached hydrogen (secondary N) is 1. The Morgan fingerprint density at radius 2 is 1.33 bits per heavy atom. The molecule has 2 N–H and O–H groups in total. The number of hydrogen-bond donors (Lipinski definition) is 2. The number of benzene rings is 4. The van der Waals surface area contributed by atoms with Crippen LogP contribution in [0.15, 0.2) is 97.1 Å². The molecule has 0 saturated carbocycles. The van der Waals surface area contributed by atoms with Gasteiger partial charge in [-0.3, -0.25) is 0 Å². The van der Waals surface area contributed by atoms with Crippen molar-refractivity contribution >= 4 is 36.0 Å². The van der Waals surface area contributed by atoms with Crippen molar-refractivity contribution < 1.29 is 14.3 Å². The normalized spacial score (nSPS) is 14.1. The van der Waals surface area contributed by atoms with E-state index in [0.29, 0.717) is 13.0 Å². The first-order chi connectivity index (χ1) is 18.5. The Bertz CT molecular complexity index is 1450. The van der Waals surface area contributed by atoms with E-state index in [9.17, 15) is 9.90 Å². The fourth-order valence-corrected chi connectivity index (χ4v) is 5.68. The maximum absolute atomic E-state index is 11.7. The molecule has 4 nitrogen and oxygen atoms in total. The lowest BCUT2D eigenvalue weighted by Crippen LogP contribution is -2.42. The predicted molar refractivity (Wildman–Crippen MR) is 166 cm³/mol. The summed E-state index contributed by atoms with van der Waals surface area (Å²) in [5.41, 5.74) is 2.35. The summed E-state index contributed by atoms with van der Waals surface area (Å²) in [4.78, 5) is 11.7. The molecule has 5 heteroatoms. The highest BCUT2D eigenvalue weighted by molar-refractivity contribution is 6.74. The molecule has 0 aliphatic carbocycles. The van der Waals surface area contributed by atoms with Gasteiger partial charge in [0.25, 0.3) is 0 Å². The van der Waals surface area contributed by atoms with Gasteiger partial charge in [0.05, 0.1) is 6.04 Å². The van der Waals surface area contributed by atoms with Crippen molar-refractivity contribution in [1.82, 2.24) is 5.32 Å². The topological polar surface area (TPSA) is 58.6 Å². The Morgan fingerprint density at radius 3 is 1.85 bits per heavy atom. The van der Waals surface area contributed by atoms with E-state index in [-0.39, 0.29) is 17.0 Å². The first-order valence-corrected chi connectivity index (χ1v) is 16.7. The zero-order chi connectivity index (χ0) is 28.0. The summed E-state index contributed by atoms with van der Waals surface area (Å²) in [6.45, 7) is 11.9. The summed E-state index contributed by atoms with van der Waals surface area (Å²) >= 11 is 0. The monoisotopic (exact) mass is 539 g/mol. The van der Waals surface area contributed by atoms with Crippen LogP contribution in [-0.2, 0) is 17.3 Å². The quantitative estimate of drug-likeness (QED) is 0.157. The van der Waals surface area contributed by atoms with Crippen molar-refractivity contribution in [2.75, 3.05) is 6.61 Å². The van der Waals surface area contributed by atoms with Crippen LogP contribution in [0.5, 0.6) is 0 Å². The SMILES string of the molecule is CC(C)(C)[Si](C)(C)OCC(C=C[C@@H](Cc1ccc2ccccc2c1)NC(=O)O)Cc1ccc2ccccc2c1. The summed E-state index contributed by atoms with van der Waals surface area (Å²) in [6, 6.07) is 29.3. The predicted octanol–water partition coefficient (Wildman–Crippen LogP) is 8.61. The molecular weight excluding hydrogens is 498 g/mol. The van der Waals surface area contributed by atoms with Crippen LogP contribution < -0.4 is 5.32 Å². The van der Waals surface area contributed by atoms with Crippen LogP contribution in [0.25, 0.3) is 21.5 Å². The van der Waals surface area contributed by atoms with Gasteiger partial charge < -0.3 is 14.8 Å².